The molecule has 0 saturated carbocycles. The lowest BCUT2D eigenvalue weighted by atomic mass is 10.4. The molecular weight excluding hydrogens is 214 g/mol. The number of halogens is 1. The van der Waals surface area contributed by atoms with Gasteiger partial charge in [-0.2, -0.15) is 4.99 Å². The third-order valence-electron chi connectivity index (χ3n) is 1.03. The summed E-state index contributed by atoms with van der Waals surface area (Å²) < 4.78 is 0.985. The van der Waals surface area contributed by atoms with Crippen molar-refractivity contribution in [1.82, 2.24) is 0 Å². The quantitative estimate of drug-likeness (QED) is 0.526. The second-order valence-corrected chi connectivity index (χ2v) is 4.33. The number of thiophene rings is 1. The van der Waals surface area contributed by atoms with Crippen LogP contribution in [0.25, 0.3) is 0 Å². The predicted octanol–water partition coefficient (Wildman–Crippen LogP) is 2.79. The fourth-order valence-corrected chi connectivity index (χ4v) is 2.21. The molecule has 1 aromatic heterocycles. The van der Waals surface area contributed by atoms with Crippen molar-refractivity contribution in [3.05, 3.63) is 14.7 Å². The zero-order chi connectivity index (χ0) is 7.56. The Morgan fingerprint density at radius 2 is 2.50 bits per heavy atom. The van der Waals surface area contributed by atoms with Crippen molar-refractivity contribution in [2.45, 2.75) is 6.92 Å². The van der Waals surface area contributed by atoms with Gasteiger partial charge >= 0.3 is 0 Å². The van der Waals surface area contributed by atoms with Crippen molar-refractivity contribution in [2.75, 3.05) is 0 Å². The molecule has 0 radical (unpaired) electrons. The fraction of sp³-hybridized carbons (Fsp3) is 0.167. The van der Waals surface area contributed by atoms with Gasteiger partial charge in [0, 0.05) is 4.88 Å². The molecule has 0 spiro atoms. The van der Waals surface area contributed by atoms with E-state index in [4.69, 9.17) is 0 Å². The van der Waals surface area contributed by atoms with E-state index in [2.05, 4.69) is 20.9 Å². The lowest BCUT2D eigenvalue weighted by molar-refractivity contribution is 0.565. The van der Waals surface area contributed by atoms with E-state index in [0.717, 1.165) is 8.66 Å². The second kappa shape index (κ2) is 3.10. The van der Waals surface area contributed by atoms with Gasteiger partial charge < -0.3 is 0 Å². The van der Waals surface area contributed by atoms with Crippen LogP contribution < -0.4 is 0 Å². The first-order valence-corrected chi connectivity index (χ1v) is 4.19. The molecule has 0 fully saturated rings. The fourth-order valence-electron chi connectivity index (χ4n) is 0.597. The van der Waals surface area contributed by atoms with Crippen LogP contribution in [0.3, 0.4) is 0 Å². The van der Waals surface area contributed by atoms with Crippen molar-refractivity contribution < 1.29 is 4.79 Å². The molecule has 0 unspecified atom stereocenters. The molecule has 52 valence electrons. The minimum Gasteiger partial charge on any atom is -0.211 e. The Morgan fingerprint density at radius 3 is 2.90 bits per heavy atom. The monoisotopic (exact) mass is 217 g/mol. The molecular formula is C6H4BrNOS. The summed E-state index contributed by atoms with van der Waals surface area (Å²) in [5, 5.41) is 0. The lowest BCUT2D eigenvalue weighted by Gasteiger charge is -1.80. The number of isocyanates is 1. The summed E-state index contributed by atoms with van der Waals surface area (Å²) in [5.41, 5.74) is 0.701. The Bertz CT molecular complexity index is 288. The third kappa shape index (κ3) is 1.53. The molecule has 0 aliphatic rings. The minimum atomic E-state index is 0.701. The lowest BCUT2D eigenvalue weighted by Crippen LogP contribution is -1.57. The van der Waals surface area contributed by atoms with Crippen LogP contribution in [0, 0.1) is 6.92 Å². The molecule has 0 aromatic carbocycles. The number of hydrogen-bond acceptors (Lipinski definition) is 3. The van der Waals surface area contributed by atoms with Crippen molar-refractivity contribution in [2.24, 2.45) is 4.99 Å². The van der Waals surface area contributed by atoms with E-state index >= 15 is 0 Å². The van der Waals surface area contributed by atoms with E-state index in [-0.39, 0.29) is 0 Å². The number of aliphatic imine (C=N–C) groups is 1. The summed E-state index contributed by atoms with van der Waals surface area (Å²) in [6.07, 6.45) is 1.50. The maximum atomic E-state index is 9.83. The SMILES string of the molecule is Cc1sc(Br)cc1N=C=O. The maximum absolute atomic E-state index is 9.83. The highest BCUT2D eigenvalue weighted by Gasteiger charge is 2.00. The molecule has 0 N–H and O–H groups in total. The number of hydrogen-bond donors (Lipinski definition) is 0. The van der Waals surface area contributed by atoms with Crippen LogP contribution in [0.4, 0.5) is 5.69 Å². The van der Waals surface area contributed by atoms with Gasteiger partial charge in [-0.15, -0.1) is 11.3 Å². The average Bonchev–Trinajstić information content (AvgIpc) is 2.13. The number of nitrogens with zero attached hydrogens (tertiary/aromatic N) is 1. The molecule has 0 aliphatic heterocycles. The van der Waals surface area contributed by atoms with Crippen LogP contribution in [-0.4, -0.2) is 6.08 Å². The average molecular weight is 218 g/mol. The Kier molecular flexibility index (Phi) is 2.38. The largest absolute Gasteiger partial charge is 0.240 e. The van der Waals surface area contributed by atoms with Gasteiger partial charge in [0.1, 0.15) is 0 Å². The molecule has 0 atom stereocenters. The number of rotatable bonds is 1. The predicted molar refractivity (Wildman–Crippen MR) is 44.5 cm³/mol. The highest BCUT2D eigenvalue weighted by Crippen LogP contribution is 2.31. The first kappa shape index (κ1) is 7.66. The number of carbonyl (C=O) groups excluding carboxylic acids is 1. The molecule has 10 heavy (non-hydrogen) atoms. The van der Waals surface area contributed by atoms with E-state index in [0.29, 0.717) is 5.69 Å². The highest BCUT2D eigenvalue weighted by atomic mass is 79.9. The Balaban J connectivity index is 3.14. The van der Waals surface area contributed by atoms with Crippen molar-refractivity contribution in [3.63, 3.8) is 0 Å². The summed E-state index contributed by atoms with van der Waals surface area (Å²) in [7, 11) is 0. The summed E-state index contributed by atoms with van der Waals surface area (Å²) in [4.78, 5) is 14.4. The minimum absolute atomic E-state index is 0.701. The Labute approximate surface area is 70.7 Å². The van der Waals surface area contributed by atoms with Crippen LogP contribution in [0.1, 0.15) is 4.88 Å². The third-order valence-corrected chi connectivity index (χ3v) is 2.57. The van der Waals surface area contributed by atoms with Crippen LogP contribution in [-0.2, 0) is 4.79 Å². The van der Waals surface area contributed by atoms with Crippen molar-refractivity contribution >= 4 is 39.0 Å². The Hall–Kier alpha value is -0.440. The zero-order valence-electron chi connectivity index (χ0n) is 5.22. The second-order valence-electron chi connectivity index (χ2n) is 1.70. The maximum Gasteiger partial charge on any atom is 0.240 e. The van der Waals surface area contributed by atoms with Gasteiger partial charge in [0.2, 0.25) is 6.08 Å². The zero-order valence-corrected chi connectivity index (χ0v) is 7.62. The van der Waals surface area contributed by atoms with Crippen LogP contribution in [0.15, 0.2) is 14.8 Å². The van der Waals surface area contributed by atoms with Gasteiger partial charge in [-0.1, -0.05) is 0 Å². The first-order chi connectivity index (χ1) is 4.74. The normalized spacial score (nSPS) is 9.00. The molecule has 1 heterocycles. The van der Waals surface area contributed by atoms with Gasteiger partial charge in [0.15, 0.2) is 0 Å². The molecule has 2 nitrogen and oxygen atoms in total. The molecule has 1 rings (SSSR count). The molecule has 4 heteroatoms. The van der Waals surface area contributed by atoms with E-state index in [1.807, 2.05) is 6.92 Å². The highest BCUT2D eigenvalue weighted by molar-refractivity contribution is 9.11. The molecule has 0 amide bonds. The van der Waals surface area contributed by atoms with Gasteiger partial charge in [0.25, 0.3) is 0 Å². The van der Waals surface area contributed by atoms with E-state index in [1.54, 1.807) is 17.4 Å². The Morgan fingerprint density at radius 1 is 1.80 bits per heavy atom. The van der Waals surface area contributed by atoms with Gasteiger partial charge in [-0.3, -0.25) is 0 Å². The molecule has 1 aromatic rings. The van der Waals surface area contributed by atoms with Gasteiger partial charge in [-0.05, 0) is 28.9 Å². The topological polar surface area (TPSA) is 29.4 Å². The van der Waals surface area contributed by atoms with E-state index in [9.17, 15) is 4.79 Å². The summed E-state index contributed by atoms with van der Waals surface area (Å²) >= 11 is 4.83. The standard InChI is InChI=1S/C6H4BrNOS/c1-4-5(8-3-9)2-6(7)10-4/h2H,1H3. The summed E-state index contributed by atoms with van der Waals surface area (Å²) in [6.45, 7) is 1.91. The summed E-state index contributed by atoms with van der Waals surface area (Å²) in [6, 6.07) is 1.80. The summed E-state index contributed by atoms with van der Waals surface area (Å²) in [5.74, 6) is 0. The van der Waals surface area contributed by atoms with E-state index < -0.39 is 0 Å². The van der Waals surface area contributed by atoms with Gasteiger partial charge in [0.05, 0.1) is 9.47 Å². The van der Waals surface area contributed by atoms with Gasteiger partial charge in [-0.25, -0.2) is 4.79 Å². The van der Waals surface area contributed by atoms with Crippen LogP contribution in [0.5, 0.6) is 0 Å². The smallest absolute Gasteiger partial charge is 0.211 e. The number of aryl methyl sites for hydroxylation is 1. The molecule has 0 aliphatic carbocycles. The van der Waals surface area contributed by atoms with Crippen LogP contribution in [0.2, 0.25) is 0 Å². The molecule has 0 bridgehead atoms. The first-order valence-electron chi connectivity index (χ1n) is 2.58. The van der Waals surface area contributed by atoms with Crippen molar-refractivity contribution in [3.8, 4) is 0 Å². The molecule has 0 saturated heterocycles. The van der Waals surface area contributed by atoms with Crippen LogP contribution >= 0.6 is 27.3 Å². The van der Waals surface area contributed by atoms with E-state index in [1.165, 1.54) is 6.08 Å². The van der Waals surface area contributed by atoms with Crippen molar-refractivity contribution in [1.29, 1.82) is 0 Å².